The van der Waals surface area contributed by atoms with Gasteiger partial charge in [-0.25, -0.2) is 18.6 Å². The lowest BCUT2D eigenvalue weighted by Crippen LogP contribution is -2.36. The molecule has 0 radical (unpaired) electrons. The number of carbonyl (C=O) groups is 1. The van der Waals surface area contributed by atoms with Gasteiger partial charge in [0.1, 0.15) is 17.4 Å². The summed E-state index contributed by atoms with van der Waals surface area (Å²) in [4.78, 5) is 23.2. The largest absolute Gasteiger partial charge is 0.454 e. The summed E-state index contributed by atoms with van der Waals surface area (Å²) in [6.45, 7) is 2.57. The number of anilines is 3. The molecule has 4 aromatic rings. The van der Waals surface area contributed by atoms with E-state index in [4.69, 9.17) is 21.1 Å². The highest BCUT2D eigenvalue weighted by Gasteiger charge is 2.18. The highest BCUT2D eigenvalue weighted by Crippen LogP contribution is 2.31. The molecule has 1 saturated heterocycles. The third kappa shape index (κ3) is 5.52. The van der Waals surface area contributed by atoms with Crippen molar-refractivity contribution in [2.45, 2.75) is 0 Å². The van der Waals surface area contributed by atoms with Gasteiger partial charge in [-0.05, 0) is 42.5 Å². The van der Waals surface area contributed by atoms with Gasteiger partial charge in [-0.15, -0.1) is 0 Å². The molecular weight excluding hydrogens is 511 g/mol. The maximum Gasteiger partial charge on any atom is 0.323 e. The van der Waals surface area contributed by atoms with Gasteiger partial charge < -0.3 is 25.0 Å². The van der Waals surface area contributed by atoms with Crippen LogP contribution in [-0.4, -0.2) is 42.3 Å². The first kappa shape index (κ1) is 24.6. The second-order valence-electron chi connectivity index (χ2n) is 8.03. The maximum absolute atomic E-state index is 14.8. The van der Waals surface area contributed by atoms with Crippen LogP contribution >= 0.6 is 11.6 Å². The van der Waals surface area contributed by atoms with Gasteiger partial charge in [-0.3, -0.25) is 4.98 Å². The third-order valence-corrected chi connectivity index (χ3v) is 5.84. The van der Waals surface area contributed by atoms with Gasteiger partial charge >= 0.3 is 6.03 Å². The molecule has 1 aliphatic rings. The van der Waals surface area contributed by atoms with Gasteiger partial charge in [-0.1, -0.05) is 11.6 Å². The minimum absolute atomic E-state index is 0.0800. The highest BCUT2D eigenvalue weighted by atomic mass is 35.5. The number of rotatable bonds is 5. The van der Waals surface area contributed by atoms with Crippen molar-refractivity contribution in [3.8, 4) is 11.5 Å². The Morgan fingerprint density at radius 3 is 2.57 bits per heavy atom. The average Bonchev–Trinajstić information content (AvgIpc) is 2.90. The minimum Gasteiger partial charge on any atom is -0.454 e. The second-order valence-corrected chi connectivity index (χ2v) is 8.43. The molecule has 1 fully saturated rings. The number of morpholine rings is 1. The number of nitrogens with one attached hydrogen (secondary N) is 2. The molecule has 2 N–H and O–H groups in total. The van der Waals surface area contributed by atoms with Gasteiger partial charge in [0.05, 0.1) is 41.2 Å². The van der Waals surface area contributed by atoms with E-state index < -0.39 is 29.2 Å². The molecule has 0 bridgehead atoms. The molecule has 0 aliphatic carbocycles. The average molecular weight is 530 g/mol. The summed E-state index contributed by atoms with van der Waals surface area (Å²) in [7, 11) is 0. The van der Waals surface area contributed by atoms with Gasteiger partial charge in [0.15, 0.2) is 11.6 Å². The Balaban J connectivity index is 1.30. The number of fused-ring (bicyclic) bond motifs is 1. The van der Waals surface area contributed by atoms with Crippen molar-refractivity contribution in [2.24, 2.45) is 0 Å². The number of hydrogen-bond donors (Lipinski definition) is 2. The minimum atomic E-state index is -1.33. The van der Waals surface area contributed by atoms with Crippen LogP contribution in [0, 0.1) is 17.5 Å². The number of benzene rings is 3. The zero-order valence-corrected chi connectivity index (χ0v) is 19.9. The van der Waals surface area contributed by atoms with E-state index in [0.717, 1.165) is 12.1 Å². The Bertz CT molecular complexity index is 1480. The summed E-state index contributed by atoms with van der Waals surface area (Å²) in [5, 5.41) is 4.37. The predicted molar refractivity (Wildman–Crippen MR) is 133 cm³/mol. The van der Waals surface area contributed by atoms with E-state index >= 15 is 0 Å². The second kappa shape index (κ2) is 10.5. The van der Waals surface area contributed by atoms with E-state index in [-0.39, 0.29) is 22.2 Å². The van der Waals surface area contributed by atoms with Crippen LogP contribution < -0.4 is 20.3 Å². The number of nitrogens with zero attached hydrogens (tertiary/aromatic N) is 3. The zero-order chi connectivity index (χ0) is 25.9. The predicted octanol–water partition coefficient (Wildman–Crippen LogP) is 5.97. The lowest BCUT2D eigenvalue weighted by atomic mass is 10.2. The molecule has 5 rings (SSSR count). The van der Waals surface area contributed by atoms with Gasteiger partial charge in [0, 0.05) is 24.8 Å². The monoisotopic (exact) mass is 529 g/mol. The van der Waals surface area contributed by atoms with Crippen LogP contribution in [0.25, 0.3) is 11.0 Å². The van der Waals surface area contributed by atoms with Gasteiger partial charge in [0.25, 0.3) is 0 Å². The zero-order valence-electron chi connectivity index (χ0n) is 19.1. The van der Waals surface area contributed by atoms with Crippen molar-refractivity contribution in [1.29, 1.82) is 0 Å². The number of hydrogen-bond acceptors (Lipinski definition) is 6. The number of urea groups is 1. The summed E-state index contributed by atoms with van der Waals surface area (Å²) in [6, 6.07) is 9.82. The molecular formula is C25H19ClF3N5O3. The molecule has 190 valence electrons. The number of aromatic nitrogens is 2. The Morgan fingerprint density at radius 1 is 0.973 bits per heavy atom. The van der Waals surface area contributed by atoms with Crippen LogP contribution in [0.3, 0.4) is 0 Å². The normalized spacial score (nSPS) is 13.5. The lowest BCUT2D eigenvalue weighted by Gasteiger charge is -2.27. The van der Waals surface area contributed by atoms with Crippen LogP contribution in [0.2, 0.25) is 5.02 Å². The SMILES string of the molecule is O=C(Nc1ccc(Cl)c(F)c1)Nc1ccc(Oc2ccc3ncc(N4CCOCC4)nc3c2)c(F)c1F. The summed E-state index contributed by atoms with van der Waals surface area (Å²) < 4.78 is 53.9. The first-order valence-electron chi connectivity index (χ1n) is 11.2. The fourth-order valence-electron chi connectivity index (χ4n) is 3.68. The summed E-state index contributed by atoms with van der Waals surface area (Å²) >= 11 is 5.61. The summed E-state index contributed by atoms with van der Waals surface area (Å²) in [5.41, 5.74) is 0.783. The fraction of sp³-hybridized carbons (Fsp3) is 0.160. The number of carbonyl (C=O) groups excluding carboxylic acids is 1. The molecule has 1 aromatic heterocycles. The van der Waals surface area contributed by atoms with Crippen molar-refractivity contribution in [1.82, 2.24) is 9.97 Å². The van der Waals surface area contributed by atoms with E-state index in [9.17, 15) is 18.0 Å². The van der Waals surface area contributed by atoms with Crippen molar-refractivity contribution in [2.75, 3.05) is 41.8 Å². The Labute approximate surface area is 214 Å². The maximum atomic E-state index is 14.8. The smallest absolute Gasteiger partial charge is 0.323 e. The molecule has 0 atom stereocenters. The molecule has 2 heterocycles. The fourth-order valence-corrected chi connectivity index (χ4v) is 3.80. The van der Waals surface area contributed by atoms with Crippen molar-refractivity contribution in [3.05, 3.63) is 77.2 Å². The third-order valence-electron chi connectivity index (χ3n) is 5.54. The van der Waals surface area contributed by atoms with Crippen molar-refractivity contribution in [3.63, 3.8) is 0 Å². The number of halogens is 4. The van der Waals surface area contributed by atoms with Gasteiger partial charge in [0.2, 0.25) is 5.82 Å². The summed E-state index contributed by atoms with van der Waals surface area (Å²) in [5.74, 6) is -2.86. The number of amides is 2. The van der Waals surface area contributed by atoms with Crippen LogP contribution in [-0.2, 0) is 4.74 Å². The molecule has 2 amide bonds. The Kier molecular flexibility index (Phi) is 6.97. The van der Waals surface area contributed by atoms with E-state index in [1.807, 2.05) is 4.90 Å². The lowest BCUT2D eigenvalue weighted by molar-refractivity contribution is 0.122. The van der Waals surface area contributed by atoms with E-state index in [1.54, 1.807) is 24.4 Å². The first-order chi connectivity index (χ1) is 17.9. The molecule has 0 unspecified atom stereocenters. The summed E-state index contributed by atoms with van der Waals surface area (Å²) in [6.07, 6.45) is 1.68. The van der Waals surface area contributed by atoms with Gasteiger partial charge in [-0.2, -0.15) is 4.39 Å². The molecule has 1 aliphatic heterocycles. The van der Waals surface area contributed by atoms with E-state index in [1.165, 1.54) is 18.2 Å². The van der Waals surface area contributed by atoms with Crippen LogP contribution in [0.1, 0.15) is 0 Å². The highest BCUT2D eigenvalue weighted by molar-refractivity contribution is 6.30. The molecule has 37 heavy (non-hydrogen) atoms. The Morgan fingerprint density at radius 2 is 1.78 bits per heavy atom. The Hall–Kier alpha value is -4.09. The van der Waals surface area contributed by atoms with Crippen LogP contribution in [0.15, 0.2) is 54.7 Å². The van der Waals surface area contributed by atoms with E-state index in [2.05, 4.69) is 20.6 Å². The topological polar surface area (TPSA) is 88.6 Å². The van der Waals surface area contributed by atoms with Crippen LogP contribution in [0.4, 0.5) is 35.2 Å². The van der Waals surface area contributed by atoms with Crippen molar-refractivity contribution >= 4 is 45.9 Å². The molecule has 0 saturated carbocycles. The number of ether oxygens (including phenoxy) is 2. The molecule has 12 heteroatoms. The molecule has 3 aromatic carbocycles. The van der Waals surface area contributed by atoms with Crippen molar-refractivity contribution < 1.29 is 27.4 Å². The molecule has 8 nitrogen and oxygen atoms in total. The standard InChI is InChI=1S/C25H19ClF3N5O3/c26-16-3-1-14(11-17(16)27)31-25(35)33-19-5-6-21(24(29)23(19)28)37-15-2-4-18-20(12-15)32-22(13-30-18)34-7-9-36-10-8-34/h1-6,11-13H,7-10H2,(H2,31,33,35). The van der Waals surface area contributed by atoms with E-state index in [0.29, 0.717) is 43.2 Å². The molecule has 0 spiro atoms. The van der Waals surface area contributed by atoms with Crippen LogP contribution in [0.5, 0.6) is 11.5 Å². The quantitative estimate of drug-likeness (QED) is 0.331. The first-order valence-corrected chi connectivity index (χ1v) is 11.5.